The van der Waals surface area contributed by atoms with Crippen LogP contribution in [0, 0.1) is 0 Å². The van der Waals surface area contributed by atoms with Crippen molar-refractivity contribution in [3.63, 3.8) is 0 Å². The number of thiazole rings is 1. The van der Waals surface area contributed by atoms with Crippen molar-refractivity contribution in [3.8, 4) is 17.2 Å². The minimum Gasteiger partial charge on any atom is -0.497 e. The van der Waals surface area contributed by atoms with E-state index in [1.165, 1.54) is 0 Å². The van der Waals surface area contributed by atoms with Crippen molar-refractivity contribution < 1.29 is 19.0 Å². The minimum atomic E-state index is -0.147. The van der Waals surface area contributed by atoms with Gasteiger partial charge in [0, 0.05) is 32.2 Å². The van der Waals surface area contributed by atoms with Crippen molar-refractivity contribution in [2.75, 3.05) is 57.2 Å². The highest BCUT2D eigenvalue weighted by Crippen LogP contribution is 2.34. The second-order valence-corrected chi connectivity index (χ2v) is 8.01. The monoisotopic (exact) mass is 442 g/mol. The molecule has 0 atom stereocenters. The van der Waals surface area contributed by atoms with E-state index in [0.29, 0.717) is 36.9 Å². The van der Waals surface area contributed by atoms with Gasteiger partial charge in [-0.15, -0.1) is 0 Å². The first kappa shape index (κ1) is 21.0. The molecule has 9 heteroatoms. The summed E-state index contributed by atoms with van der Waals surface area (Å²) in [4.78, 5) is 21.6. The molecule has 3 aromatic rings. The van der Waals surface area contributed by atoms with Gasteiger partial charge >= 0.3 is 6.03 Å². The molecule has 2 amide bonds. The maximum atomic E-state index is 12.8. The highest BCUT2D eigenvalue weighted by Gasteiger charge is 2.24. The van der Waals surface area contributed by atoms with E-state index in [0.717, 1.165) is 34.2 Å². The van der Waals surface area contributed by atoms with Crippen molar-refractivity contribution in [3.05, 3.63) is 36.4 Å². The lowest BCUT2D eigenvalue weighted by Gasteiger charge is -2.34. The van der Waals surface area contributed by atoms with Crippen LogP contribution in [-0.4, -0.2) is 62.9 Å². The van der Waals surface area contributed by atoms with Crippen LogP contribution in [0.1, 0.15) is 6.92 Å². The maximum Gasteiger partial charge on any atom is 0.322 e. The number of amides is 2. The number of fused-ring (bicyclic) bond motifs is 1. The highest BCUT2D eigenvalue weighted by molar-refractivity contribution is 7.22. The molecule has 1 saturated heterocycles. The molecule has 0 saturated carbocycles. The number of nitrogens with one attached hydrogen (secondary N) is 1. The van der Waals surface area contributed by atoms with Crippen LogP contribution in [0.25, 0.3) is 10.2 Å². The number of hydrogen-bond acceptors (Lipinski definition) is 7. The molecule has 0 unspecified atom stereocenters. The van der Waals surface area contributed by atoms with Gasteiger partial charge in [-0.2, -0.15) is 0 Å². The second-order valence-electron chi connectivity index (χ2n) is 7.00. The van der Waals surface area contributed by atoms with Crippen LogP contribution in [0.15, 0.2) is 36.4 Å². The summed E-state index contributed by atoms with van der Waals surface area (Å²) in [7, 11) is 3.16. The molecule has 0 aliphatic carbocycles. The zero-order valence-corrected chi connectivity index (χ0v) is 18.7. The summed E-state index contributed by atoms with van der Waals surface area (Å²) in [6.07, 6.45) is 0. The number of urea groups is 1. The van der Waals surface area contributed by atoms with Crippen LogP contribution in [0.4, 0.5) is 15.6 Å². The van der Waals surface area contributed by atoms with Gasteiger partial charge in [-0.1, -0.05) is 17.4 Å². The number of hydrogen-bond donors (Lipinski definition) is 1. The Hall–Kier alpha value is -3.20. The van der Waals surface area contributed by atoms with E-state index < -0.39 is 0 Å². The van der Waals surface area contributed by atoms with Gasteiger partial charge < -0.3 is 29.3 Å². The van der Waals surface area contributed by atoms with Crippen LogP contribution in [-0.2, 0) is 0 Å². The van der Waals surface area contributed by atoms with Gasteiger partial charge in [-0.3, -0.25) is 0 Å². The smallest absolute Gasteiger partial charge is 0.322 e. The first-order valence-electron chi connectivity index (χ1n) is 10.2. The third kappa shape index (κ3) is 4.46. The summed E-state index contributed by atoms with van der Waals surface area (Å²) in [6.45, 7) is 5.24. The van der Waals surface area contributed by atoms with Gasteiger partial charge in [-0.25, -0.2) is 9.78 Å². The fourth-order valence-electron chi connectivity index (χ4n) is 3.52. The molecular weight excluding hydrogens is 416 g/mol. The number of anilines is 2. The van der Waals surface area contributed by atoms with Gasteiger partial charge in [0.25, 0.3) is 0 Å². The summed E-state index contributed by atoms with van der Waals surface area (Å²) in [5.74, 6) is 2.05. The zero-order chi connectivity index (χ0) is 21.8. The molecule has 2 aromatic carbocycles. The fourth-order valence-corrected chi connectivity index (χ4v) is 4.55. The lowest BCUT2D eigenvalue weighted by Crippen LogP contribution is -2.50. The number of carbonyl (C=O) groups excluding carboxylic acids is 1. The average Bonchev–Trinajstić information content (AvgIpc) is 3.25. The minimum absolute atomic E-state index is 0.147. The third-order valence-corrected chi connectivity index (χ3v) is 6.24. The lowest BCUT2D eigenvalue weighted by atomic mass is 10.2. The number of rotatable bonds is 6. The average molecular weight is 443 g/mol. The van der Waals surface area contributed by atoms with Crippen molar-refractivity contribution >= 4 is 38.4 Å². The van der Waals surface area contributed by atoms with Gasteiger partial charge in [0.2, 0.25) is 0 Å². The number of aromatic nitrogens is 1. The van der Waals surface area contributed by atoms with Gasteiger partial charge in [0.1, 0.15) is 22.8 Å². The molecule has 1 aromatic heterocycles. The van der Waals surface area contributed by atoms with Crippen LogP contribution < -0.4 is 24.4 Å². The largest absolute Gasteiger partial charge is 0.497 e. The summed E-state index contributed by atoms with van der Waals surface area (Å²) < 4.78 is 17.4. The number of benzene rings is 2. The molecule has 164 valence electrons. The van der Waals surface area contributed by atoms with E-state index in [1.54, 1.807) is 48.7 Å². The van der Waals surface area contributed by atoms with Crippen molar-refractivity contribution in [2.45, 2.75) is 6.92 Å². The predicted octanol–water partition coefficient (Wildman–Crippen LogP) is 4.07. The molecule has 4 rings (SSSR count). The van der Waals surface area contributed by atoms with E-state index in [2.05, 4.69) is 16.3 Å². The molecule has 2 heterocycles. The predicted molar refractivity (Wildman–Crippen MR) is 123 cm³/mol. The highest BCUT2D eigenvalue weighted by atomic mass is 32.1. The van der Waals surface area contributed by atoms with Crippen LogP contribution >= 0.6 is 11.3 Å². The summed E-state index contributed by atoms with van der Waals surface area (Å²) in [5.41, 5.74) is 1.52. The molecule has 1 aliphatic rings. The van der Waals surface area contributed by atoms with Crippen LogP contribution in [0.2, 0.25) is 0 Å². The van der Waals surface area contributed by atoms with Crippen LogP contribution in [0.5, 0.6) is 17.2 Å². The summed E-state index contributed by atoms with van der Waals surface area (Å²) >= 11 is 1.65. The Labute approximate surface area is 185 Å². The van der Waals surface area contributed by atoms with E-state index in [1.807, 2.05) is 19.1 Å². The third-order valence-electron chi connectivity index (χ3n) is 5.16. The Balaban J connectivity index is 1.40. The number of piperazine rings is 1. The van der Waals surface area contributed by atoms with Gasteiger partial charge in [0.05, 0.1) is 31.2 Å². The van der Waals surface area contributed by atoms with E-state index in [4.69, 9.17) is 19.2 Å². The number of carbonyl (C=O) groups is 1. The van der Waals surface area contributed by atoms with Crippen molar-refractivity contribution in [2.24, 2.45) is 0 Å². The zero-order valence-electron chi connectivity index (χ0n) is 17.9. The Morgan fingerprint density at radius 1 is 1.10 bits per heavy atom. The van der Waals surface area contributed by atoms with Crippen molar-refractivity contribution in [1.82, 2.24) is 9.88 Å². The van der Waals surface area contributed by atoms with Gasteiger partial charge in [-0.05, 0) is 31.2 Å². The normalized spacial score (nSPS) is 13.9. The number of ether oxygens (including phenoxy) is 3. The van der Waals surface area contributed by atoms with E-state index >= 15 is 0 Å². The quantitative estimate of drug-likeness (QED) is 0.620. The van der Waals surface area contributed by atoms with E-state index in [-0.39, 0.29) is 6.03 Å². The van der Waals surface area contributed by atoms with Gasteiger partial charge in [0.15, 0.2) is 5.13 Å². The standard InChI is InChI=1S/C22H26N4O4S/c1-4-30-17-6-5-7-19-20(17)24-22(31-19)26-12-10-25(11-13-26)21(27)23-16-9-8-15(28-2)14-18(16)29-3/h5-9,14H,4,10-13H2,1-3H3,(H,23,27). The summed E-state index contributed by atoms with van der Waals surface area (Å²) in [5, 5.41) is 3.90. The SMILES string of the molecule is CCOc1cccc2sc(N3CCN(C(=O)Nc4ccc(OC)cc4OC)CC3)nc12. The molecule has 0 radical (unpaired) electrons. The topological polar surface area (TPSA) is 76.2 Å². The van der Waals surface area contributed by atoms with E-state index in [9.17, 15) is 4.79 Å². The lowest BCUT2D eigenvalue weighted by molar-refractivity contribution is 0.208. The number of methoxy groups -OCH3 is 2. The van der Waals surface area contributed by atoms with Crippen LogP contribution in [0.3, 0.4) is 0 Å². The molecular formula is C22H26N4O4S. The molecule has 31 heavy (non-hydrogen) atoms. The molecule has 1 aliphatic heterocycles. The molecule has 8 nitrogen and oxygen atoms in total. The Bertz CT molecular complexity index is 1060. The first-order valence-corrected chi connectivity index (χ1v) is 11.0. The molecule has 1 N–H and O–H groups in total. The fraction of sp³-hybridized carbons (Fsp3) is 0.364. The maximum absolute atomic E-state index is 12.8. The Morgan fingerprint density at radius 3 is 2.61 bits per heavy atom. The Kier molecular flexibility index (Phi) is 6.31. The molecule has 0 bridgehead atoms. The molecule has 1 fully saturated rings. The Morgan fingerprint density at radius 2 is 1.90 bits per heavy atom. The first-order chi connectivity index (χ1) is 15.1. The van der Waals surface area contributed by atoms with Crippen molar-refractivity contribution in [1.29, 1.82) is 0 Å². The second kappa shape index (κ2) is 9.30. The number of nitrogens with zero attached hydrogens (tertiary/aromatic N) is 3. The summed E-state index contributed by atoms with van der Waals surface area (Å²) in [6, 6.07) is 11.2. The number of para-hydroxylation sites is 1. The molecule has 0 spiro atoms.